The van der Waals surface area contributed by atoms with Gasteiger partial charge in [-0.05, 0) is 12.1 Å². The minimum Gasteiger partial charge on any atom is -0.493 e. The molecule has 1 aliphatic rings. The lowest BCUT2D eigenvalue weighted by Gasteiger charge is -2.15. The molecule has 0 radical (unpaired) electrons. The zero-order chi connectivity index (χ0) is 13.0. The van der Waals surface area contributed by atoms with Crippen LogP contribution in [0.5, 0.6) is 11.5 Å². The molecule has 19 heavy (non-hydrogen) atoms. The molecule has 2 unspecified atom stereocenters. The number of ether oxygens (including phenoxy) is 3. The van der Waals surface area contributed by atoms with Gasteiger partial charge in [-0.2, -0.15) is 0 Å². The maximum absolute atomic E-state index is 11.4. The van der Waals surface area contributed by atoms with Crippen LogP contribution in [-0.4, -0.2) is 38.9 Å². The van der Waals surface area contributed by atoms with E-state index >= 15 is 0 Å². The molecule has 1 fully saturated rings. The molecule has 5 nitrogen and oxygen atoms in total. The molecule has 1 N–H and O–H groups in total. The fourth-order valence-electron chi connectivity index (χ4n) is 2.01. The highest BCUT2D eigenvalue weighted by Crippen LogP contribution is 2.28. The zero-order valence-corrected chi connectivity index (χ0v) is 11.7. The van der Waals surface area contributed by atoms with E-state index in [9.17, 15) is 4.79 Å². The Morgan fingerprint density at radius 1 is 1.26 bits per heavy atom. The monoisotopic (exact) mass is 287 g/mol. The third-order valence-electron chi connectivity index (χ3n) is 2.94. The van der Waals surface area contributed by atoms with Gasteiger partial charge in [-0.3, -0.25) is 4.79 Å². The van der Waals surface area contributed by atoms with Crippen LogP contribution >= 0.6 is 12.4 Å². The lowest BCUT2D eigenvalue weighted by Crippen LogP contribution is -2.31. The predicted octanol–water partition coefficient (Wildman–Crippen LogP) is 1.40. The molecule has 1 aliphatic heterocycles. The number of benzene rings is 1. The molecule has 1 saturated heterocycles. The lowest BCUT2D eigenvalue weighted by molar-refractivity contribution is -0.142. The molecular weight excluding hydrogens is 270 g/mol. The van der Waals surface area contributed by atoms with Gasteiger partial charge in [0.2, 0.25) is 0 Å². The van der Waals surface area contributed by atoms with Crippen molar-refractivity contribution in [1.29, 1.82) is 0 Å². The highest BCUT2D eigenvalue weighted by atomic mass is 35.5. The Balaban J connectivity index is 0.00000180. The summed E-state index contributed by atoms with van der Waals surface area (Å²) in [5.74, 6) is 1.14. The highest BCUT2D eigenvalue weighted by molar-refractivity contribution is 5.85. The Hall–Kier alpha value is -1.46. The molecule has 0 bridgehead atoms. The second-order valence-corrected chi connectivity index (χ2v) is 4.11. The van der Waals surface area contributed by atoms with Gasteiger partial charge >= 0.3 is 5.97 Å². The summed E-state index contributed by atoms with van der Waals surface area (Å²) >= 11 is 0. The van der Waals surface area contributed by atoms with Crippen molar-refractivity contribution in [2.75, 3.05) is 20.8 Å². The summed E-state index contributed by atoms with van der Waals surface area (Å²) in [5.41, 5.74) is 0. The van der Waals surface area contributed by atoms with Gasteiger partial charge in [0.25, 0.3) is 0 Å². The zero-order valence-electron chi connectivity index (χ0n) is 10.9. The van der Waals surface area contributed by atoms with Gasteiger partial charge in [0.05, 0.1) is 14.2 Å². The molecular formula is C13H18ClNO4. The maximum atomic E-state index is 11.4. The third-order valence-corrected chi connectivity index (χ3v) is 2.94. The van der Waals surface area contributed by atoms with Crippen molar-refractivity contribution in [1.82, 2.24) is 5.32 Å². The van der Waals surface area contributed by atoms with Gasteiger partial charge in [-0.15, -0.1) is 12.4 Å². The molecule has 106 valence electrons. The van der Waals surface area contributed by atoms with Crippen LogP contribution in [0.25, 0.3) is 0 Å². The average molecular weight is 288 g/mol. The van der Waals surface area contributed by atoms with Crippen molar-refractivity contribution < 1.29 is 19.0 Å². The fourth-order valence-corrected chi connectivity index (χ4v) is 2.01. The average Bonchev–Trinajstić information content (AvgIpc) is 2.87. The van der Waals surface area contributed by atoms with Crippen molar-refractivity contribution >= 4 is 18.4 Å². The number of methoxy groups -OCH3 is 2. The molecule has 1 aromatic carbocycles. The van der Waals surface area contributed by atoms with E-state index in [0.717, 1.165) is 0 Å². The summed E-state index contributed by atoms with van der Waals surface area (Å²) in [6.07, 6.45) is 0.551. The van der Waals surface area contributed by atoms with Crippen LogP contribution < -0.4 is 14.8 Å². The second-order valence-electron chi connectivity index (χ2n) is 4.11. The van der Waals surface area contributed by atoms with Crippen molar-refractivity contribution in [3.05, 3.63) is 24.3 Å². The SMILES string of the molecule is COC(=O)C1CC(Oc2ccccc2OC)CN1.Cl. The van der Waals surface area contributed by atoms with E-state index in [1.54, 1.807) is 7.11 Å². The van der Waals surface area contributed by atoms with Crippen molar-refractivity contribution in [2.24, 2.45) is 0 Å². The Labute approximate surface area is 118 Å². The minimum absolute atomic E-state index is 0. The van der Waals surface area contributed by atoms with Gasteiger partial charge in [0.15, 0.2) is 11.5 Å². The first-order chi connectivity index (χ1) is 8.74. The molecule has 1 heterocycles. The number of para-hydroxylation sites is 2. The Bertz CT molecular complexity index is 427. The van der Waals surface area contributed by atoms with E-state index in [4.69, 9.17) is 14.2 Å². The summed E-state index contributed by atoms with van der Waals surface area (Å²) in [7, 11) is 2.99. The quantitative estimate of drug-likeness (QED) is 0.849. The van der Waals surface area contributed by atoms with Gasteiger partial charge in [-0.1, -0.05) is 12.1 Å². The van der Waals surface area contributed by atoms with Crippen molar-refractivity contribution in [3.63, 3.8) is 0 Å². The largest absolute Gasteiger partial charge is 0.493 e. The van der Waals surface area contributed by atoms with Crippen LogP contribution in [-0.2, 0) is 9.53 Å². The van der Waals surface area contributed by atoms with Gasteiger partial charge in [-0.25, -0.2) is 0 Å². The van der Waals surface area contributed by atoms with Gasteiger partial charge < -0.3 is 19.5 Å². The topological polar surface area (TPSA) is 56.8 Å². The molecule has 2 rings (SSSR count). The van der Waals surface area contributed by atoms with E-state index in [2.05, 4.69) is 5.32 Å². The second kappa shape index (κ2) is 7.21. The number of carbonyl (C=O) groups is 1. The number of nitrogens with one attached hydrogen (secondary N) is 1. The first-order valence-corrected chi connectivity index (χ1v) is 5.85. The number of halogens is 1. The van der Waals surface area contributed by atoms with E-state index in [0.29, 0.717) is 24.5 Å². The molecule has 1 aromatic rings. The summed E-state index contributed by atoms with van der Waals surface area (Å²) in [4.78, 5) is 11.4. The number of esters is 1. The molecule has 0 amide bonds. The standard InChI is InChI=1S/C13H17NO4.ClH/c1-16-11-5-3-4-6-12(11)18-9-7-10(14-8-9)13(15)17-2;/h3-6,9-10,14H,7-8H2,1-2H3;1H. The molecule has 2 atom stereocenters. The van der Waals surface area contributed by atoms with E-state index in [1.165, 1.54) is 7.11 Å². The summed E-state index contributed by atoms with van der Waals surface area (Å²) in [6, 6.07) is 7.18. The lowest BCUT2D eigenvalue weighted by atomic mass is 10.2. The smallest absolute Gasteiger partial charge is 0.323 e. The van der Waals surface area contributed by atoms with Crippen LogP contribution in [0.15, 0.2) is 24.3 Å². The molecule has 0 aromatic heterocycles. The van der Waals surface area contributed by atoms with E-state index in [-0.39, 0.29) is 30.5 Å². The molecule has 0 spiro atoms. The summed E-state index contributed by atoms with van der Waals surface area (Å²) in [5, 5.41) is 3.07. The van der Waals surface area contributed by atoms with Crippen LogP contribution in [0, 0.1) is 0 Å². The van der Waals surface area contributed by atoms with Crippen LogP contribution in [0.3, 0.4) is 0 Å². The van der Waals surface area contributed by atoms with Gasteiger partial charge in [0, 0.05) is 13.0 Å². The summed E-state index contributed by atoms with van der Waals surface area (Å²) < 4.78 is 15.7. The Morgan fingerprint density at radius 3 is 2.58 bits per heavy atom. The highest BCUT2D eigenvalue weighted by Gasteiger charge is 2.31. The fraction of sp³-hybridized carbons (Fsp3) is 0.462. The first-order valence-electron chi connectivity index (χ1n) is 5.85. The number of carbonyl (C=O) groups excluding carboxylic acids is 1. The Kier molecular flexibility index (Phi) is 5.92. The van der Waals surface area contributed by atoms with E-state index < -0.39 is 0 Å². The van der Waals surface area contributed by atoms with Gasteiger partial charge in [0.1, 0.15) is 12.1 Å². The van der Waals surface area contributed by atoms with Crippen LogP contribution in [0.4, 0.5) is 0 Å². The van der Waals surface area contributed by atoms with E-state index in [1.807, 2.05) is 24.3 Å². The van der Waals surface area contributed by atoms with Crippen LogP contribution in [0.2, 0.25) is 0 Å². The molecule has 6 heteroatoms. The number of hydrogen-bond acceptors (Lipinski definition) is 5. The number of rotatable bonds is 4. The molecule has 0 saturated carbocycles. The first kappa shape index (κ1) is 15.6. The normalized spacial score (nSPS) is 21.4. The molecule has 0 aliphatic carbocycles. The predicted molar refractivity (Wildman–Crippen MR) is 73.1 cm³/mol. The number of hydrogen-bond donors (Lipinski definition) is 1. The minimum atomic E-state index is -0.283. The summed E-state index contributed by atoms with van der Waals surface area (Å²) in [6.45, 7) is 0.623. The van der Waals surface area contributed by atoms with Crippen LogP contribution in [0.1, 0.15) is 6.42 Å². The van der Waals surface area contributed by atoms with Crippen molar-refractivity contribution in [2.45, 2.75) is 18.6 Å². The third kappa shape index (κ3) is 3.75. The van der Waals surface area contributed by atoms with Crippen molar-refractivity contribution in [3.8, 4) is 11.5 Å². The maximum Gasteiger partial charge on any atom is 0.323 e. The Morgan fingerprint density at radius 2 is 1.95 bits per heavy atom.